The van der Waals surface area contributed by atoms with Gasteiger partial charge in [0, 0.05) is 61.6 Å². The monoisotopic (exact) mass is 411 g/mol. The maximum Gasteiger partial charge on any atom is 0.254 e. The third-order valence-electron chi connectivity index (χ3n) is 6.08. The molecule has 1 N–H and O–H groups in total. The first kappa shape index (κ1) is 19.3. The highest BCUT2D eigenvalue weighted by atomic mass is 16.2. The number of nitrogens with one attached hydrogen (secondary N) is 1. The zero-order valence-electron chi connectivity index (χ0n) is 17.6. The Balaban J connectivity index is 1.43. The molecule has 0 saturated carbocycles. The molecule has 0 unspecified atom stereocenters. The van der Waals surface area contributed by atoms with Gasteiger partial charge in [-0.05, 0) is 47.4 Å². The van der Waals surface area contributed by atoms with Gasteiger partial charge in [0.05, 0.1) is 6.20 Å². The van der Waals surface area contributed by atoms with Crippen LogP contribution in [0.15, 0.2) is 67.3 Å². The van der Waals surface area contributed by atoms with E-state index in [1.54, 1.807) is 0 Å². The van der Waals surface area contributed by atoms with E-state index in [0.717, 1.165) is 53.5 Å². The van der Waals surface area contributed by atoms with Crippen LogP contribution in [0.5, 0.6) is 0 Å². The lowest BCUT2D eigenvalue weighted by Gasteiger charge is -2.25. The van der Waals surface area contributed by atoms with Crippen molar-refractivity contribution in [3.63, 3.8) is 0 Å². The van der Waals surface area contributed by atoms with Crippen molar-refractivity contribution in [2.24, 2.45) is 0 Å². The van der Waals surface area contributed by atoms with Crippen LogP contribution in [-0.2, 0) is 0 Å². The lowest BCUT2D eigenvalue weighted by Crippen LogP contribution is -2.35. The lowest BCUT2D eigenvalue weighted by molar-refractivity contribution is 0.0769. The Kier molecular flexibility index (Phi) is 5.12. The third-order valence-corrected chi connectivity index (χ3v) is 6.08. The molecule has 2 aromatic heterocycles. The molecule has 6 heteroatoms. The second kappa shape index (κ2) is 8.22. The number of aromatic amines is 1. The van der Waals surface area contributed by atoms with Gasteiger partial charge in [-0.25, -0.2) is 0 Å². The predicted molar refractivity (Wildman–Crippen MR) is 123 cm³/mol. The Morgan fingerprint density at radius 3 is 2.68 bits per heavy atom. The Bertz CT molecular complexity index is 1220. The van der Waals surface area contributed by atoms with Crippen molar-refractivity contribution in [2.75, 3.05) is 31.1 Å². The Labute approximate surface area is 181 Å². The summed E-state index contributed by atoms with van der Waals surface area (Å²) in [6.07, 6.45) is 8.38. The van der Waals surface area contributed by atoms with Crippen molar-refractivity contribution in [1.29, 1.82) is 0 Å². The fraction of sp³-hybridized carbons (Fsp3) is 0.240. The number of benzene rings is 2. The molecule has 0 bridgehead atoms. The average Bonchev–Trinajstić information content (AvgIpc) is 3.23. The van der Waals surface area contributed by atoms with Crippen LogP contribution >= 0.6 is 0 Å². The van der Waals surface area contributed by atoms with E-state index in [1.165, 1.54) is 11.3 Å². The second-order valence-corrected chi connectivity index (χ2v) is 7.99. The van der Waals surface area contributed by atoms with E-state index in [0.29, 0.717) is 6.54 Å². The molecule has 3 heterocycles. The standard InChI is InChI=1S/C25H25N5O/c1-18-15-26-10-9-24(18)29-11-4-12-30(14-13-29)25(31)23-8-3-6-21-20(5-2-7-22(21)23)19-16-27-28-17-19/h2-3,5-10,15-17H,4,11-14H2,1H3,(H,27,28). The first-order chi connectivity index (χ1) is 15.2. The molecule has 6 nitrogen and oxygen atoms in total. The number of hydrogen-bond acceptors (Lipinski definition) is 4. The van der Waals surface area contributed by atoms with Crippen LogP contribution in [0.1, 0.15) is 22.3 Å². The Morgan fingerprint density at radius 2 is 1.84 bits per heavy atom. The van der Waals surface area contributed by atoms with Gasteiger partial charge in [-0.3, -0.25) is 14.9 Å². The van der Waals surface area contributed by atoms with Crippen LogP contribution in [0.2, 0.25) is 0 Å². The fourth-order valence-electron chi connectivity index (χ4n) is 4.50. The van der Waals surface area contributed by atoms with Crippen molar-refractivity contribution in [1.82, 2.24) is 20.1 Å². The number of pyridine rings is 1. The summed E-state index contributed by atoms with van der Waals surface area (Å²) in [5, 5.41) is 9.00. The normalized spacial score (nSPS) is 14.6. The summed E-state index contributed by atoms with van der Waals surface area (Å²) in [7, 11) is 0. The number of carbonyl (C=O) groups is 1. The zero-order chi connectivity index (χ0) is 21.2. The summed E-state index contributed by atoms with van der Waals surface area (Å²) >= 11 is 0. The minimum atomic E-state index is 0.100. The summed E-state index contributed by atoms with van der Waals surface area (Å²) in [5.74, 6) is 0.100. The second-order valence-electron chi connectivity index (χ2n) is 7.99. The van der Waals surface area contributed by atoms with Crippen LogP contribution in [0.4, 0.5) is 5.69 Å². The predicted octanol–water partition coefficient (Wildman–Crippen LogP) is 4.29. The fourth-order valence-corrected chi connectivity index (χ4v) is 4.50. The van der Waals surface area contributed by atoms with E-state index in [1.807, 2.05) is 54.0 Å². The number of anilines is 1. The molecule has 0 atom stereocenters. The minimum absolute atomic E-state index is 0.100. The molecule has 1 aliphatic rings. The first-order valence-corrected chi connectivity index (χ1v) is 10.7. The topological polar surface area (TPSA) is 65.1 Å². The zero-order valence-corrected chi connectivity index (χ0v) is 17.6. The summed E-state index contributed by atoms with van der Waals surface area (Å²) in [4.78, 5) is 22.1. The average molecular weight is 412 g/mol. The van der Waals surface area contributed by atoms with Crippen LogP contribution in [0.3, 0.4) is 0 Å². The van der Waals surface area contributed by atoms with Crippen molar-refractivity contribution < 1.29 is 4.79 Å². The van der Waals surface area contributed by atoms with E-state index >= 15 is 0 Å². The van der Waals surface area contributed by atoms with Gasteiger partial charge in [0.25, 0.3) is 5.91 Å². The smallest absolute Gasteiger partial charge is 0.254 e. The third kappa shape index (κ3) is 3.65. The molecule has 1 saturated heterocycles. The van der Waals surface area contributed by atoms with Gasteiger partial charge in [0.15, 0.2) is 0 Å². The van der Waals surface area contributed by atoms with Gasteiger partial charge >= 0.3 is 0 Å². The quantitative estimate of drug-likeness (QED) is 0.546. The Morgan fingerprint density at radius 1 is 0.968 bits per heavy atom. The molecule has 0 aliphatic carbocycles. The molecule has 156 valence electrons. The number of aromatic nitrogens is 3. The van der Waals surface area contributed by atoms with E-state index in [2.05, 4.69) is 45.2 Å². The Hall–Kier alpha value is -3.67. The highest BCUT2D eigenvalue weighted by Crippen LogP contribution is 2.30. The molecule has 4 aromatic rings. The van der Waals surface area contributed by atoms with Gasteiger partial charge in [-0.1, -0.05) is 30.3 Å². The number of carbonyl (C=O) groups excluding carboxylic acids is 1. The molecular weight excluding hydrogens is 386 g/mol. The van der Waals surface area contributed by atoms with Gasteiger partial charge < -0.3 is 9.80 Å². The van der Waals surface area contributed by atoms with Crippen molar-refractivity contribution in [3.8, 4) is 11.1 Å². The number of H-pyrrole nitrogens is 1. The van der Waals surface area contributed by atoms with Crippen molar-refractivity contribution >= 4 is 22.4 Å². The number of nitrogens with zero attached hydrogens (tertiary/aromatic N) is 4. The highest BCUT2D eigenvalue weighted by molar-refractivity contribution is 6.10. The van der Waals surface area contributed by atoms with Gasteiger partial charge in [0.1, 0.15) is 0 Å². The maximum atomic E-state index is 13.6. The summed E-state index contributed by atoms with van der Waals surface area (Å²) < 4.78 is 0. The van der Waals surface area contributed by atoms with Gasteiger partial charge in [-0.15, -0.1) is 0 Å². The van der Waals surface area contributed by atoms with Crippen LogP contribution in [0, 0.1) is 6.92 Å². The van der Waals surface area contributed by atoms with Crippen LogP contribution in [-0.4, -0.2) is 52.2 Å². The molecule has 2 aromatic carbocycles. The molecule has 5 rings (SSSR count). The van der Waals surface area contributed by atoms with Crippen molar-refractivity contribution in [2.45, 2.75) is 13.3 Å². The van der Waals surface area contributed by atoms with E-state index in [9.17, 15) is 4.79 Å². The van der Waals surface area contributed by atoms with Crippen LogP contribution < -0.4 is 4.90 Å². The SMILES string of the molecule is Cc1cnccc1N1CCCN(C(=O)c2cccc3c(-c4cn[nH]c4)cccc23)CC1. The highest BCUT2D eigenvalue weighted by Gasteiger charge is 2.23. The molecule has 0 spiro atoms. The molecule has 1 amide bonds. The maximum absolute atomic E-state index is 13.6. The summed E-state index contributed by atoms with van der Waals surface area (Å²) in [5.41, 5.74) is 5.24. The van der Waals surface area contributed by atoms with E-state index < -0.39 is 0 Å². The van der Waals surface area contributed by atoms with Crippen LogP contribution in [0.25, 0.3) is 21.9 Å². The number of fused-ring (bicyclic) bond motifs is 1. The summed E-state index contributed by atoms with van der Waals surface area (Å²) in [6, 6.07) is 14.2. The lowest BCUT2D eigenvalue weighted by atomic mass is 9.96. The molecule has 31 heavy (non-hydrogen) atoms. The van der Waals surface area contributed by atoms with E-state index in [4.69, 9.17) is 0 Å². The van der Waals surface area contributed by atoms with E-state index in [-0.39, 0.29) is 5.91 Å². The largest absolute Gasteiger partial charge is 0.369 e. The minimum Gasteiger partial charge on any atom is -0.369 e. The van der Waals surface area contributed by atoms with Gasteiger partial charge in [0.2, 0.25) is 0 Å². The number of amides is 1. The number of aryl methyl sites for hydroxylation is 1. The molecule has 1 fully saturated rings. The molecule has 1 aliphatic heterocycles. The molecular formula is C25H25N5O. The first-order valence-electron chi connectivity index (χ1n) is 10.7. The summed E-state index contributed by atoms with van der Waals surface area (Å²) in [6.45, 7) is 5.32. The number of rotatable bonds is 3. The molecule has 0 radical (unpaired) electrons. The number of hydrogen-bond donors (Lipinski definition) is 1. The van der Waals surface area contributed by atoms with Gasteiger partial charge in [-0.2, -0.15) is 5.10 Å². The van der Waals surface area contributed by atoms with Crippen molar-refractivity contribution in [3.05, 3.63) is 78.4 Å².